The van der Waals surface area contributed by atoms with Crippen LogP contribution in [0.1, 0.15) is 18.4 Å². The molecule has 1 saturated heterocycles. The Bertz CT molecular complexity index is 998. The Balaban J connectivity index is 1.44. The highest BCUT2D eigenvalue weighted by atomic mass is 35.5. The molecule has 5 rings (SSSR count). The molecule has 2 atom stereocenters. The van der Waals surface area contributed by atoms with Gasteiger partial charge in [0.2, 0.25) is 0 Å². The number of para-hydroxylation sites is 1. The molecule has 2 aliphatic heterocycles. The first-order valence-corrected chi connectivity index (χ1v) is 10.6. The zero-order chi connectivity index (χ0) is 19.1. The van der Waals surface area contributed by atoms with Crippen molar-refractivity contribution in [3.05, 3.63) is 53.1 Å². The highest BCUT2D eigenvalue weighted by Crippen LogP contribution is 2.34. The van der Waals surface area contributed by atoms with Crippen LogP contribution in [0.15, 0.2) is 42.5 Å². The fourth-order valence-electron chi connectivity index (χ4n) is 3.76. The van der Waals surface area contributed by atoms with Crippen LogP contribution in [0.25, 0.3) is 10.2 Å². The molecule has 5 nitrogen and oxygen atoms in total. The van der Waals surface area contributed by atoms with Gasteiger partial charge in [0.1, 0.15) is 5.75 Å². The average molecular weight is 415 g/mol. The first-order chi connectivity index (χ1) is 13.7. The molecule has 3 heterocycles. The van der Waals surface area contributed by atoms with Crippen molar-refractivity contribution in [2.24, 2.45) is 0 Å². The van der Waals surface area contributed by atoms with Gasteiger partial charge in [0, 0.05) is 18.1 Å². The summed E-state index contributed by atoms with van der Waals surface area (Å²) in [5.74, 6) is 0.644. The molecule has 0 saturated carbocycles. The average Bonchev–Trinajstić information content (AvgIpc) is 3.43. The first kappa shape index (κ1) is 17.9. The number of ether oxygens (including phenoxy) is 2. The number of hydrogen-bond acceptors (Lipinski definition) is 5. The molecular formula is C21H19ClN2O3S. The maximum absolute atomic E-state index is 13.4. The molecule has 144 valence electrons. The van der Waals surface area contributed by atoms with Crippen LogP contribution in [0.4, 0.5) is 5.13 Å². The summed E-state index contributed by atoms with van der Waals surface area (Å²) in [7, 11) is 0. The third-order valence-electron chi connectivity index (χ3n) is 5.16. The maximum atomic E-state index is 13.4. The van der Waals surface area contributed by atoms with Gasteiger partial charge in [0.25, 0.3) is 5.91 Å². The molecule has 1 fully saturated rings. The molecule has 0 bridgehead atoms. The van der Waals surface area contributed by atoms with Crippen LogP contribution in [0.2, 0.25) is 5.02 Å². The normalized spacial score (nSPS) is 20.9. The van der Waals surface area contributed by atoms with E-state index in [1.54, 1.807) is 11.0 Å². The summed E-state index contributed by atoms with van der Waals surface area (Å²) in [5, 5.41) is 1.34. The van der Waals surface area contributed by atoms with E-state index >= 15 is 0 Å². The second-order valence-corrected chi connectivity index (χ2v) is 8.56. The van der Waals surface area contributed by atoms with Gasteiger partial charge >= 0.3 is 0 Å². The molecule has 0 unspecified atom stereocenters. The Labute approximate surface area is 171 Å². The van der Waals surface area contributed by atoms with Crippen LogP contribution < -0.4 is 9.64 Å². The number of carbonyl (C=O) groups excluding carboxylic acids is 1. The predicted octanol–water partition coefficient (Wildman–Crippen LogP) is 4.47. The second-order valence-electron chi connectivity index (χ2n) is 7.11. The zero-order valence-electron chi connectivity index (χ0n) is 15.1. The van der Waals surface area contributed by atoms with Crippen LogP contribution in [0, 0.1) is 0 Å². The van der Waals surface area contributed by atoms with Crippen LogP contribution >= 0.6 is 22.9 Å². The molecule has 3 aromatic rings. The third-order valence-corrected chi connectivity index (χ3v) is 6.46. The van der Waals surface area contributed by atoms with Gasteiger partial charge < -0.3 is 9.47 Å². The maximum Gasteiger partial charge on any atom is 0.270 e. The van der Waals surface area contributed by atoms with Crippen LogP contribution in [-0.2, 0) is 16.0 Å². The van der Waals surface area contributed by atoms with Gasteiger partial charge in [0.15, 0.2) is 11.2 Å². The van der Waals surface area contributed by atoms with Gasteiger partial charge in [-0.2, -0.15) is 0 Å². The Morgan fingerprint density at radius 2 is 2.18 bits per heavy atom. The Morgan fingerprint density at radius 3 is 3.00 bits per heavy atom. The van der Waals surface area contributed by atoms with E-state index in [-0.39, 0.29) is 12.0 Å². The summed E-state index contributed by atoms with van der Waals surface area (Å²) in [6.07, 6.45) is 1.96. The number of hydrogen-bond donors (Lipinski definition) is 0. The minimum atomic E-state index is -0.568. The molecule has 1 amide bonds. The van der Waals surface area contributed by atoms with Crippen molar-refractivity contribution in [1.82, 2.24) is 4.98 Å². The number of fused-ring (bicyclic) bond motifs is 2. The molecule has 2 aromatic carbocycles. The van der Waals surface area contributed by atoms with Crippen molar-refractivity contribution >= 4 is 44.2 Å². The number of aromatic nitrogens is 1. The lowest BCUT2D eigenvalue weighted by Gasteiger charge is -2.25. The SMILES string of the molecule is O=C([C@@H]1Cc2cc(Cl)ccc2O1)N(C[C@@H]1CCCO1)c1nc2ccccc2s1. The van der Waals surface area contributed by atoms with Gasteiger partial charge in [0.05, 0.1) is 22.9 Å². The van der Waals surface area contributed by atoms with Crippen molar-refractivity contribution in [2.75, 3.05) is 18.1 Å². The summed E-state index contributed by atoms with van der Waals surface area (Å²) in [6, 6.07) is 13.4. The minimum absolute atomic E-state index is 0.0363. The smallest absolute Gasteiger partial charge is 0.270 e. The molecule has 0 aliphatic carbocycles. The highest BCUT2D eigenvalue weighted by Gasteiger charge is 2.36. The first-order valence-electron chi connectivity index (χ1n) is 9.41. The van der Waals surface area contributed by atoms with Crippen molar-refractivity contribution in [1.29, 1.82) is 0 Å². The van der Waals surface area contributed by atoms with E-state index < -0.39 is 6.10 Å². The largest absolute Gasteiger partial charge is 0.480 e. The lowest BCUT2D eigenvalue weighted by atomic mass is 10.1. The van der Waals surface area contributed by atoms with E-state index in [1.165, 1.54) is 11.3 Å². The van der Waals surface area contributed by atoms with E-state index in [1.807, 2.05) is 36.4 Å². The van der Waals surface area contributed by atoms with E-state index in [0.717, 1.165) is 41.0 Å². The van der Waals surface area contributed by atoms with E-state index in [4.69, 9.17) is 26.1 Å². The molecular weight excluding hydrogens is 396 g/mol. The summed E-state index contributed by atoms with van der Waals surface area (Å²) < 4.78 is 12.8. The fraction of sp³-hybridized carbons (Fsp3) is 0.333. The molecule has 7 heteroatoms. The Morgan fingerprint density at radius 1 is 1.29 bits per heavy atom. The summed E-state index contributed by atoms with van der Waals surface area (Å²) in [6.45, 7) is 1.24. The van der Waals surface area contributed by atoms with Crippen molar-refractivity contribution in [3.8, 4) is 5.75 Å². The van der Waals surface area contributed by atoms with E-state index in [9.17, 15) is 4.79 Å². The predicted molar refractivity (Wildman–Crippen MR) is 111 cm³/mol. The molecule has 0 radical (unpaired) electrons. The van der Waals surface area contributed by atoms with Gasteiger partial charge in [-0.15, -0.1) is 0 Å². The third kappa shape index (κ3) is 3.36. The van der Waals surface area contributed by atoms with E-state index in [0.29, 0.717) is 23.1 Å². The lowest BCUT2D eigenvalue weighted by molar-refractivity contribution is -0.125. The van der Waals surface area contributed by atoms with Crippen molar-refractivity contribution in [2.45, 2.75) is 31.5 Å². The number of halogens is 1. The summed E-state index contributed by atoms with van der Waals surface area (Å²) >= 11 is 7.62. The second kappa shape index (κ2) is 7.35. The topological polar surface area (TPSA) is 51.7 Å². The lowest BCUT2D eigenvalue weighted by Crippen LogP contribution is -2.45. The number of amides is 1. The van der Waals surface area contributed by atoms with Gasteiger partial charge in [-0.05, 0) is 48.7 Å². The molecule has 1 aromatic heterocycles. The number of carbonyl (C=O) groups is 1. The number of thiazole rings is 1. The summed E-state index contributed by atoms with van der Waals surface area (Å²) in [5.41, 5.74) is 1.86. The van der Waals surface area contributed by atoms with Crippen LogP contribution in [0.5, 0.6) is 5.75 Å². The minimum Gasteiger partial charge on any atom is -0.480 e. The Kier molecular flexibility index (Phi) is 4.70. The molecule has 28 heavy (non-hydrogen) atoms. The quantitative estimate of drug-likeness (QED) is 0.632. The molecule has 2 aliphatic rings. The Hall–Kier alpha value is -2.15. The van der Waals surface area contributed by atoms with Crippen LogP contribution in [-0.4, -0.2) is 36.3 Å². The molecule has 0 spiro atoms. The zero-order valence-corrected chi connectivity index (χ0v) is 16.7. The number of benzene rings is 2. The number of rotatable bonds is 4. The van der Waals surface area contributed by atoms with E-state index in [2.05, 4.69) is 0 Å². The van der Waals surface area contributed by atoms with Crippen LogP contribution in [0.3, 0.4) is 0 Å². The van der Waals surface area contributed by atoms with Crippen molar-refractivity contribution < 1.29 is 14.3 Å². The molecule has 0 N–H and O–H groups in total. The number of anilines is 1. The van der Waals surface area contributed by atoms with Gasteiger partial charge in [-0.1, -0.05) is 35.1 Å². The van der Waals surface area contributed by atoms with Gasteiger partial charge in [-0.3, -0.25) is 9.69 Å². The number of nitrogens with zero attached hydrogens (tertiary/aromatic N) is 2. The van der Waals surface area contributed by atoms with Gasteiger partial charge in [-0.25, -0.2) is 4.98 Å². The summed E-state index contributed by atoms with van der Waals surface area (Å²) in [4.78, 5) is 19.9. The van der Waals surface area contributed by atoms with Crippen molar-refractivity contribution in [3.63, 3.8) is 0 Å². The highest BCUT2D eigenvalue weighted by molar-refractivity contribution is 7.22. The monoisotopic (exact) mass is 414 g/mol. The fourth-order valence-corrected chi connectivity index (χ4v) is 4.93. The standard InChI is InChI=1S/C21H19ClN2O3S/c22-14-7-8-17-13(10-14)11-18(27-17)20(25)24(12-15-4-3-9-26-15)21-23-16-5-1-2-6-19(16)28-21/h1-2,5-8,10,15,18H,3-4,9,11-12H2/t15-,18-/m0/s1.